The number of hydrogen-bond acceptors (Lipinski definition) is 6. The fourth-order valence-corrected chi connectivity index (χ4v) is 3.51. The van der Waals surface area contributed by atoms with Crippen LogP contribution in [0.4, 0.5) is 0 Å². The number of carbonyl (C=O) groups is 1. The lowest BCUT2D eigenvalue weighted by molar-refractivity contribution is 0.103. The number of aromatic nitrogens is 1. The molecule has 0 aliphatic heterocycles. The van der Waals surface area contributed by atoms with E-state index in [4.69, 9.17) is 23.7 Å². The van der Waals surface area contributed by atoms with E-state index in [1.54, 1.807) is 25.3 Å². The molecular weight excluding hydrogens is 386 g/mol. The molecule has 3 rings (SSSR count). The summed E-state index contributed by atoms with van der Waals surface area (Å²) in [5, 5.41) is 0.753. The van der Waals surface area contributed by atoms with Crippen molar-refractivity contribution in [3.05, 3.63) is 41.1 Å². The molecule has 1 heterocycles. The topological polar surface area (TPSA) is 79.0 Å². The minimum Gasteiger partial charge on any atom is -0.493 e. The Labute approximate surface area is 175 Å². The fraction of sp³-hybridized carbons (Fsp3) is 0.348. The van der Waals surface area contributed by atoms with E-state index in [2.05, 4.69) is 4.98 Å². The number of benzene rings is 2. The average molecular weight is 413 g/mol. The number of carbonyl (C=O) groups excluding carboxylic acids is 1. The molecule has 0 fully saturated rings. The lowest BCUT2D eigenvalue weighted by atomic mass is 9.99. The van der Waals surface area contributed by atoms with E-state index in [0.717, 1.165) is 16.6 Å². The summed E-state index contributed by atoms with van der Waals surface area (Å²) in [4.78, 5) is 16.8. The van der Waals surface area contributed by atoms with Crippen LogP contribution in [-0.4, -0.2) is 45.3 Å². The molecule has 0 aliphatic rings. The third-order valence-corrected chi connectivity index (χ3v) is 4.81. The van der Waals surface area contributed by atoms with E-state index in [9.17, 15) is 4.79 Å². The van der Waals surface area contributed by atoms with Crippen molar-refractivity contribution in [3.8, 4) is 28.7 Å². The zero-order valence-corrected chi connectivity index (χ0v) is 18.3. The lowest BCUT2D eigenvalue weighted by Crippen LogP contribution is -2.07. The van der Waals surface area contributed by atoms with Gasteiger partial charge in [-0.05, 0) is 45.0 Å². The molecule has 1 N–H and O–H groups in total. The largest absolute Gasteiger partial charge is 0.493 e. The Hall–Kier alpha value is -3.35. The van der Waals surface area contributed by atoms with Gasteiger partial charge in [0.05, 0.1) is 45.6 Å². The maximum atomic E-state index is 13.5. The third-order valence-electron chi connectivity index (χ3n) is 4.81. The first-order valence-corrected chi connectivity index (χ1v) is 9.56. The number of ketones is 1. The van der Waals surface area contributed by atoms with Gasteiger partial charge >= 0.3 is 0 Å². The van der Waals surface area contributed by atoms with Crippen molar-refractivity contribution in [2.45, 2.75) is 26.9 Å². The zero-order chi connectivity index (χ0) is 22.0. The second-order valence-electron chi connectivity index (χ2n) is 7.05. The van der Waals surface area contributed by atoms with Gasteiger partial charge in [0, 0.05) is 16.6 Å². The molecule has 0 amide bonds. The van der Waals surface area contributed by atoms with Crippen LogP contribution in [0, 0.1) is 6.92 Å². The molecule has 0 radical (unpaired) electrons. The molecule has 0 saturated heterocycles. The van der Waals surface area contributed by atoms with Crippen molar-refractivity contribution in [2.24, 2.45) is 0 Å². The number of fused-ring (bicyclic) bond motifs is 1. The van der Waals surface area contributed by atoms with Crippen molar-refractivity contribution >= 4 is 16.7 Å². The van der Waals surface area contributed by atoms with Gasteiger partial charge in [-0.25, -0.2) is 0 Å². The van der Waals surface area contributed by atoms with Crippen LogP contribution >= 0.6 is 0 Å². The van der Waals surface area contributed by atoms with E-state index in [1.807, 2.05) is 26.8 Å². The van der Waals surface area contributed by atoms with Gasteiger partial charge in [-0.2, -0.15) is 0 Å². The van der Waals surface area contributed by atoms with Crippen molar-refractivity contribution in [3.63, 3.8) is 0 Å². The summed E-state index contributed by atoms with van der Waals surface area (Å²) >= 11 is 0. The first kappa shape index (κ1) is 21.4. The number of methoxy groups -OCH3 is 4. The first-order chi connectivity index (χ1) is 14.4. The van der Waals surface area contributed by atoms with Gasteiger partial charge in [-0.15, -0.1) is 0 Å². The molecule has 30 heavy (non-hydrogen) atoms. The number of H-pyrrole nitrogens is 1. The SMILES string of the molecule is COc1cc(C(=O)c2c(C)[nH]c3c(OC(C)C)c(OC)ccc23)cc(OC)c1OC. The molecule has 160 valence electrons. The summed E-state index contributed by atoms with van der Waals surface area (Å²) < 4.78 is 27.6. The minimum atomic E-state index is -0.168. The molecule has 7 nitrogen and oxygen atoms in total. The van der Waals surface area contributed by atoms with Crippen LogP contribution in [0.1, 0.15) is 35.5 Å². The van der Waals surface area contributed by atoms with Crippen LogP contribution in [0.5, 0.6) is 28.7 Å². The van der Waals surface area contributed by atoms with E-state index in [1.165, 1.54) is 21.3 Å². The smallest absolute Gasteiger partial charge is 0.203 e. The Morgan fingerprint density at radius 1 is 0.867 bits per heavy atom. The van der Waals surface area contributed by atoms with Crippen molar-refractivity contribution in [1.82, 2.24) is 4.98 Å². The summed E-state index contributed by atoms with van der Waals surface area (Å²) in [6, 6.07) is 6.96. The van der Waals surface area contributed by atoms with E-state index < -0.39 is 0 Å². The lowest BCUT2D eigenvalue weighted by Gasteiger charge is -2.15. The van der Waals surface area contributed by atoms with E-state index in [-0.39, 0.29) is 11.9 Å². The number of aromatic amines is 1. The highest BCUT2D eigenvalue weighted by atomic mass is 16.5. The molecule has 2 aromatic carbocycles. The Kier molecular flexibility index (Phi) is 6.10. The molecular formula is C23H27NO6. The molecule has 0 spiro atoms. The molecule has 0 saturated carbocycles. The number of nitrogens with one attached hydrogen (secondary N) is 1. The Balaban J connectivity index is 2.20. The van der Waals surface area contributed by atoms with Gasteiger partial charge in [0.1, 0.15) is 0 Å². The Morgan fingerprint density at radius 3 is 1.97 bits per heavy atom. The van der Waals surface area contributed by atoms with E-state index >= 15 is 0 Å². The van der Waals surface area contributed by atoms with Gasteiger partial charge in [0.25, 0.3) is 0 Å². The molecule has 7 heteroatoms. The second kappa shape index (κ2) is 8.57. The molecule has 0 bridgehead atoms. The van der Waals surface area contributed by atoms with Crippen molar-refractivity contribution < 1.29 is 28.5 Å². The summed E-state index contributed by atoms with van der Waals surface area (Å²) in [5.41, 5.74) is 2.42. The van der Waals surface area contributed by atoms with Gasteiger partial charge in [-0.3, -0.25) is 4.79 Å². The number of ether oxygens (including phenoxy) is 5. The molecule has 0 unspecified atom stereocenters. The van der Waals surface area contributed by atoms with Crippen LogP contribution in [-0.2, 0) is 0 Å². The molecule has 3 aromatic rings. The van der Waals surface area contributed by atoms with Crippen LogP contribution in [0.3, 0.4) is 0 Å². The predicted octanol–water partition coefficient (Wildman–Crippen LogP) is 4.53. The molecule has 0 aliphatic carbocycles. The van der Waals surface area contributed by atoms with Gasteiger partial charge in [-0.1, -0.05) is 0 Å². The van der Waals surface area contributed by atoms with Gasteiger partial charge < -0.3 is 28.7 Å². The quantitative estimate of drug-likeness (QED) is 0.547. The standard InChI is InChI=1S/C23H27NO6/c1-12(2)30-23-16(26-4)9-8-15-19(13(3)24-20(15)23)21(25)14-10-17(27-5)22(29-7)18(11-14)28-6/h8-12,24H,1-7H3. The normalized spacial score (nSPS) is 10.9. The molecule has 0 atom stereocenters. The van der Waals surface area contributed by atoms with Gasteiger partial charge in [0.15, 0.2) is 28.8 Å². The highest BCUT2D eigenvalue weighted by molar-refractivity contribution is 6.18. The zero-order valence-electron chi connectivity index (χ0n) is 18.3. The summed E-state index contributed by atoms with van der Waals surface area (Å²) in [6.07, 6.45) is -0.0534. The highest BCUT2D eigenvalue weighted by Crippen LogP contribution is 2.41. The average Bonchev–Trinajstić information content (AvgIpc) is 3.08. The maximum Gasteiger partial charge on any atom is 0.203 e. The highest BCUT2D eigenvalue weighted by Gasteiger charge is 2.24. The number of aryl methyl sites for hydroxylation is 1. The summed E-state index contributed by atoms with van der Waals surface area (Å²) in [7, 11) is 6.15. The summed E-state index contributed by atoms with van der Waals surface area (Å²) in [5.74, 6) is 2.29. The fourth-order valence-electron chi connectivity index (χ4n) is 3.51. The molecule has 1 aromatic heterocycles. The predicted molar refractivity (Wildman–Crippen MR) is 115 cm³/mol. The monoisotopic (exact) mass is 413 g/mol. The van der Waals surface area contributed by atoms with Gasteiger partial charge in [0.2, 0.25) is 5.75 Å². The Bertz CT molecular complexity index is 1060. The van der Waals surface area contributed by atoms with Crippen LogP contribution in [0.15, 0.2) is 24.3 Å². The third kappa shape index (κ3) is 3.63. The summed E-state index contributed by atoms with van der Waals surface area (Å²) in [6.45, 7) is 5.74. The maximum absolute atomic E-state index is 13.5. The number of hydrogen-bond donors (Lipinski definition) is 1. The number of rotatable bonds is 8. The van der Waals surface area contributed by atoms with Crippen LogP contribution in [0.25, 0.3) is 10.9 Å². The van der Waals surface area contributed by atoms with Crippen LogP contribution < -0.4 is 23.7 Å². The second-order valence-corrected chi connectivity index (χ2v) is 7.05. The van der Waals surface area contributed by atoms with Crippen molar-refractivity contribution in [2.75, 3.05) is 28.4 Å². The van der Waals surface area contributed by atoms with Crippen LogP contribution in [0.2, 0.25) is 0 Å². The van der Waals surface area contributed by atoms with E-state index in [0.29, 0.717) is 39.9 Å². The first-order valence-electron chi connectivity index (χ1n) is 9.56. The minimum absolute atomic E-state index is 0.0534. The van der Waals surface area contributed by atoms with Crippen molar-refractivity contribution in [1.29, 1.82) is 0 Å². The Morgan fingerprint density at radius 2 is 1.47 bits per heavy atom.